The summed E-state index contributed by atoms with van der Waals surface area (Å²) in [4.78, 5) is 8.04. The molecule has 0 aliphatic rings. The number of benzene rings is 1. The van der Waals surface area contributed by atoms with Gasteiger partial charge in [-0.3, -0.25) is 0 Å². The maximum Gasteiger partial charge on any atom is 0.335 e. The number of halogens is 2. The number of carboxylic acids is 1. The largest absolute Gasteiger partial charge is 0.478 e. The zero-order valence-electron chi connectivity index (χ0n) is 7.79. The predicted molar refractivity (Wildman–Crippen MR) is 50.0 cm³/mol. The molecule has 0 radical (unpaired) electrons. The fourth-order valence-corrected chi connectivity index (χ4v) is 2.12. The second-order valence-corrected chi connectivity index (χ2v) is 5.57. The number of aromatic carboxylic acids is 1. The molecule has 0 amide bonds. The molecule has 0 atom stereocenters. The van der Waals surface area contributed by atoms with Crippen LogP contribution in [0.5, 0.6) is 0 Å². The van der Waals surface area contributed by atoms with Crippen LogP contribution in [-0.4, -0.2) is 27.9 Å². The van der Waals surface area contributed by atoms with Gasteiger partial charge in [0.1, 0.15) is 9.79 Å². The van der Waals surface area contributed by atoms with Crippen LogP contribution in [0.25, 0.3) is 0 Å². The molecule has 1 aromatic carbocycles. The Kier molecular flexibility index (Phi) is 3.21. The highest BCUT2D eigenvalue weighted by atomic mass is 32.3. The Hall–Kier alpha value is -1.55. The van der Waals surface area contributed by atoms with Crippen molar-refractivity contribution in [2.75, 3.05) is 0 Å². The van der Waals surface area contributed by atoms with Crippen molar-refractivity contribution in [1.82, 2.24) is 0 Å². The van der Waals surface area contributed by atoms with Gasteiger partial charge < -0.3 is 5.11 Å². The number of hydrogen-bond donors (Lipinski definition) is 1. The van der Waals surface area contributed by atoms with Crippen molar-refractivity contribution in [1.29, 1.82) is 0 Å². The monoisotopic (exact) mass is 286 g/mol. The van der Waals surface area contributed by atoms with Crippen LogP contribution in [0.4, 0.5) is 7.77 Å². The molecular weight excluding hydrogens is 282 g/mol. The van der Waals surface area contributed by atoms with Crippen molar-refractivity contribution in [3.8, 4) is 0 Å². The lowest BCUT2D eigenvalue weighted by Crippen LogP contribution is -2.04. The second kappa shape index (κ2) is 4.04. The topological polar surface area (TPSA) is 106 Å². The lowest BCUT2D eigenvalue weighted by Gasteiger charge is -2.01. The number of carboxylic acid groups (broad SMARTS) is 1. The first-order chi connectivity index (χ1) is 7.51. The van der Waals surface area contributed by atoms with Gasteiger partial charge in [-0.25, -0.2) is 4.79 Å². The van der Waals surface area contributed by atoms with Crippen LogP contribution in [0, 0.1) is 0 Å². The van der Waals surface area contributed by atoms with Gasteiger partial charge in [-0.15, -0.1) is 7.77 Å². The molecule has 0 heterocycles. The lowest BCUT2D eigenvalue weighted by molar-refractivity contribution is 0.0696. The Labute approximate surface area is 94.9 Å². The second-order valence-electron chi connectivity index (χ2n) is 2.87. The van der Waals surface area contributed by atoms with E-state index in [1.165, 1.54) is 0 Å². The average molecular weight is 286 g/mol. The van der Waals surface area contributed by atoms with E-state index in [1.807, 2.05) is 0 Å². The predicted octanol–water partition coefficient (Wildman–Crippen LogP) is 0.701. The van der Waals surface area contributed by atoms with E-state index >= 15 is 0 Å². The third-order valence-electron chi connectivity index (χ3n) is 1.69. The summed E-state index contributed by atoms with van der Waals surface area (Å²) < 4.78 is 67.2. The first kappa shape index (κ1) is 13.5. The summed E-state index contributed by atoms with van der Waals surface area (Å²) in [5, 5.41) is 8.53. The van der Waals surface area contributed by atoms with E-state index in [9.17, 15) is 29.4 Å². The SMILES string of the molecule is O=C(O)c1cc(S(=O)(=O)F)cc(S(=O)(=O)F)c1. The summed E-state index contributed by atoms with van der Waals surface area (Å²) in [6, 6.07) is 0.954. The third kappa shape index (κ3) is 3.20. The Bertz CT molecular complexity index is 626. The molecule has 10 heteroatoms. The van der Waals surface area contributed by atoms with Gasteiger partial charge in [0.05, 0.1) is 5.56 Å². The molecule has 6 nitrogen and oxygen atoms in total. The van der Waals surface area contributed by atoms with E-state index in [0.717, 1.165) is 0 Å². The molecule has 0 aliphatic heterocycles. The molecule has 0 saturated heterocycles. The molecule has 1 rings (SSSR count). The van der Waals surface area contributed by atoms with Gasteiger partial charge in [0.2, 0.25) is 0 Å². The van der Waals surface area contributed by atoms with E-state index in [2.05, 4.69) is 0 Å². The van der Waals surface area contributed by atoms with Gasteiger partial charge in [-0.2, -0.15) is 16.8 Å². The van der Waals surface area contributed by atoms with Gasteiger partial charge in [0.15, 0.2) is 0 Å². The summed E-state index contributed by atoms with van der Waals surface area (Å²) in [6.45, 7) is 0. The minimum Gasteiger partial charge on any atom is -0.478 e. The van der Waals surface area contributed by atoms with E-state index in [1.54, 1.807) is 0 Å². The Morgan fingerprint density at radius 2 is 1.29 bits per heavy atom. The quantitative estimate of drug-likeness (QED) is 0.820. The molecule has 17 heavy (non-hydrogen) atoms. The fourth-order valence-electron chi connectivity index (χ4n) is 0.977. The van der Waals surface area contributed by atoms with Crippen LogP contribution in [0.15, 0.2) is 28.0 Å². The van der Waals surface area contributed by atoms with Crippen molar-refractivity contribution < 1.29 is 34.5 Å². The average Bonchev–Trinajstić information content (AvgIpc) is 2.14. The highest BCUT2D eigenvalue weighted by Crippen LogP contribution is 2.22. The van der Waals surface area contributed by atoms with Gasteiger partial charge in [0, 0.05) is 0 Å². The number of carbonyl (C=O) groups is 1. The molecule has 0 aliphatic carbocycles. The van der Waals surface area contributed by atoms with Crippen LogP contribution >= 0.6 is 0 Å². The zero-order chi connectivity index (χ0) is 13.4. The molecule has 0 unspecified atom stereocenters. The molecule has 0 saturated carbocycles. The maximum atomic E-state index is 12.6. The van der Waals surface area contributed by atoms with E-state index in [4.69, 9.17) is 5.11 Å². The molecule has 1 N–H and O–H groups in total. The highest BCUT2D eigenvalue weighted by Gasteiger charge is 2.22. The Morgan fingerprint density at radius 1 is 0.941 bits per heavy atom. The van der Waals surface area contributed by atoms with Crippen LogP contribution in [0.2, 0.25) is 0 Å². The van der Waals surface area contributed by atoms with Gasteiger partial charge in [-0.1, -0.05) is 0 Å². The summed E-state index contributed by atoms with van der Waals surface area (Å²) in [5.41, 5.74) is -0.861. The van der Waals surface area contributed by atoms with Crippen molar-refractivity contribution in [3.05, 3.63) is 23.8 Å². The summed E-state index contributed by atoms with van der Waals surface area (Å²) in [7, 11) is -10.7. The first-order valence-electron chi connectivity index (χ1n) is 3.79. The van der Waals surface area contributed by atoms with Gasteiger partial charge in [0.25, 0.3) is 0 Å². The van der Waals surface area contributed by atoms with E-state index in [-0.39, 0.29) is 6.07 Å². The Balaban J connectivity index is 3.68. The van der Waals surface area contributed by atoms with E-state index < -0.39 is 41.8 Å². The summed E-state index contributed by atoms with van der Waals surface area (Å²) in [6.07, 6.45) is 0. The van der Waals surface area contributed by atoms with Crippen LogP contribution in [0.3, 0.4) is 0 Å². The molecular formula is C7H4F2O6S2. The molecule has 0 spiro atoms. The minimum atomic E-state index is -5.34. The van der Waals surface area contributed by atoms with Gasteiger partial charge >= 0.3 is 26.4 Å². The van der Waals surface area contributed by atoms with Crippen LogP contribution in [0.1, 0.15) is 10.4 Å². The van der Waals surface area contributed by atoms with Gasteiger partial charge in [-0.05, 0) is 18.2 Å². The molecule has 1 aromatic rings. The maximum absolute atomic E-state index is 12.6. The molecule has 0 fully saturated rings. The zero-order valence-corrected chi connectivity index (χ0v) is 9.43. The Morgan fingerprint density at radius 3 is 1.53 bits per heavy atom. The van der Waals surface area contributed by atoms with Crippen molar-refractivity contribution in [3.63, 3.8) is 0 Å². The molecule has 0 bridgehead atoms. The highest BCUT2D eigenvalue weighted by molar-refractivity contribution is 7.87. The third-order valence-corrected chi connectivity index (χ3v) is 3.29. The number of rotatable bonds is 3. The summed E-state index contributed by atoms with van der Waals surface area (Å²) >= 11 is 0. The van der Waals surface area contributed by atoms with Crippen LogP contribution in [-0.2, 0) is 20.4 Å². The van der Waals surface area contributed by atoms with E-state index in [0.29, 0.717) is 12.1 Å². The molecule has 94 valence electrons. The minimum absolute atomic E-state index is 0.192. The van der Waals surface area contributed by atoms with Crippen molar-refractivity contribution in [2.24, 2.45) is 0 Å². The smallest absolute Gasteiger partial charge is 0.335 e. The van der Waals surface area contributed by atoms with Crippen molar-refractivity contribution >= 4 is 26.4 Å². The lowest BCUT2D eigenvalue weighted by atomic mass is 10.2. The van der Waals surface area contributed by atoms with Crippen LogP contribution < -0.4 is 0 Å². The number of hydrogen-bond acceptors (Lipinski definition) is 5. The normalized spacial score (nSPS) is 12.4. The fraction of sp³-hybridized carbons (Fsp3) is 0. The standard InChI is InChI=1S/C7H4F2O6S2/c8-16(12,13)5-1-4(7(10)11)2-6(3-5)17(9,14)15/h1-3H,(H,10,11). The van der Waals surface area contributed by atoms with Crippen molar-refractivity contribution in [2.45, 2.75) is 9.79 Å². The first-order valence-corrected chi connectivity index (χ1v) is 6.56. The summed E-state index contributed by atoms with van der Waals surface area (Å²) in [5.74, 6) is -1.72. The molecule has 0 aromatic heterocycles.